The van der Waals surface area contributed by atoms with Crippen molar-refractivity contribution in [2.45, 2.75) is 39.2 Å². The van der Waals surface area contributed by atoms with Gasteiger partial charge in [0.25, 0.3) is 5.91 Å². The molecule has 7 heteroatoms. The molecule has 1 amide bonds. The van der Waals surface area contributed by atoms with E-state index in [4.69, 9.17) is 10.5 Å². The number of nitrogens with zero attached hydrogens (tertiary/aromatic N) is 3. The predicted octanol–water partition coefficient (Wildman–Crippen LogP) is 1.13. The normalized spacial score (nSPS) is 16.4. The Morgan fingerprint density at radius 2 is 1.91 bits per heavy atom. The van der Waals surface area contributed by atoms with E-state index in [1.54, 1.807) is 6.07 Å². The molecule has 0 radical (unpaired) electrons. The van der Waals surface area contributed by atoms with Crippen LogP contribution in [0.1, 0.15) is 44.1 Å². The quantitative estimate of drug-likeness (QED) is 0.841. The molecule has 1 aromatic rings. The van der Waals surface area contributed by atoms with E-state index in [0.29, 0.717) is 31.7 Å². The second-order valence-electron chi connectivity index (χ2n) is 6.42. The van der Waals surface area contributed by atoms with Gasteiger partial charge in [-0.15, -0.1) is 0 Å². The smallest absolute Gasteiger partial charge is 0.309 e. The zero-order valence-corrected chi connectivity index (χ0v) is 13.2. The number of carbonyl (C=O) groups excluding carboxylic acids is 2. The van der Waals surface area contributed by atoms with Crippen molar-refractivity contribution in [2.75, 3.05) is 18.0 Å². The first kappa shape index (κ1) is 16.2. The molecule has 7 nitrogen and oxygen atoms in total. The Bertz CT molecular complexity index is 560. The molecule has 2 rings (SSSR count). The highest BCUT2D eigenvalue weighted by Gasteiger charge is 2.29. The summed E-state index contributed by atoms with van der Waals surface area (Å²) in [5.74, 6) is -0.153. The number of amides is 1. The van der Waals surface area contributed by atoms with Crippen molar-refractivity contribution in [2.24, 2.45) is 11.7 Å². The lowest BCUT2D eigenvalue weighted by atomic mass is 9.96. The van der Waals surface area contributed by atoms with E-state index >= 15 is 0 Å². The lowest BCUT2D eigenvalue weighted by molar-refractivity contribution is -0.160. The molecule has 2 N–H and O–H groups in total. The summed E-state index contributed by atoms with van der Waals surface area (Å²) in [6.45, 7) is 6.96. The van der Waals surface area contributed by atoms with Gasteiger partial charge in [-0.1, -0.05) is 0 Å². The highest BCUT2D eigenvalue weighted by Crippen LogP contribution is 2.24. The second-order valence-corrected chi connectivity index (χ2v) is 6.42. The summed E-state index contributed by atoms with van der Waals surface area (Å²) in [5, 5.41) is 0. The molecule has 1 saturated heterocycles. The van der Waals surface area contributed by atoms with Crippen LogP contribution in [0.25, 0.3) is 0 Å². The van der Waals surface area contributed by atoms with Crippen LogP contribution in [0.3, 0.4) is 0 Å². The van der Waals surface area contributed by atoms with Crippen LogP contribution >= 0.6 is 0 Å². The summed E-state index contributed by atoms with van der Waals surface area (Å²) >= 11 is 0. The van der Waals surface area contributed by atoms with E-state index in [-0.39, 0.29) is 17.6 Å². The van der Waals surface area contributed by atoms with Crippen molar-refractivity contribution in [1.29, 1.82) is 0 Å². The molecular formula is C15H22N4O3. The topological polar surface area (TPSA) is 98.4 Å². The maximum Gasteiger partial charge on any atom is 0.309 e. The molecule has 0 bridgehead atoms. The maximum absolute atomic E-state index is 12.1. The van der Waals surface area contributed by atoms with Crippen LogP contribution < -0.4 is 10.6 Å². The van der Waals surface area contributed by atoms with Crippen LogP contribution in [0.5, 0.6) is 0 Å². The molecule has 1 aliphatic rings. The minimum absolute atomic E-state index is 0.0899. The van der Waals surface area contributed by atoms with Gasteiger partial charge in [0, 0.05) is 19.2 Å². The predicted molar refractivity (Wildman–Crippen MR) is 81.3 cm³/mol. The number of esters is 1. The molecule has 1 aliphatic heterocycles. The first-order valence-corrected chi connectivity index (χ1v) is 7.36. The number of nitrogens with two attached hydrogens (primary N) is 1. The molecule has 0 aromatic carbocycles. The van der Waals surface area contributed by atoms with E-state index in [2.05, 4.69) is 9.97 Å². The number of aromatic nitrogens is 2. The number of rotatable bonds is 3. The summed E-state index contributed by atoms with van der Waals surface area (Å²) in [6.07, 6.45) is 2.73. The molecule has 22 heavy (non-hydrogen) atoms. The monoisotopic (exact) mass is 306 g/mol. The Morgan fingerprint density at radius 1 is 1.27 bits per heavy atom. The number of anilines is 1. The molecule has 1 fully saturated rings. The largest absolute Gasteiger partial charge is 0.460 e. The van der Waals surface area contributed by atoms with Gasteiger partial charge in [-0.3, -0.25) is 9.59 Å². The molecule has 1 aromatic heterocycles. The summed E-state index contributed by atoms with van der Waals surface area (Å²) in [6, 6.07) is 1.58. The summed E-state index contributed by atoms with van der Waals surface area (Å²) < 4.78 is 5.42. The van der Waals surface area contributed by atoms with Crippen LogP contribution in [0, 0.1) is 5.92 Å². The third-order valence-electron chi connectivity index (χ3n) is 3.46. The van der Waals surface area contributed by atoms with Crippen molar-refractivity contribution < 1.29 is 14.3 Å². The van der Waals surface area contributed by atoms with Gasteiger partial charge in [-0.25, -0.2) is 9.97 Å². The fourth-order valence-electron chi connectivity index (χ4n) is 2.38. The average Bonchev–Trinajstić information content (AvgIpc) is 2.46. The Hall–Kier alpha value is -2.18. The first-order valence-electron chi connectivity index (χ1n) is 7.36. The van der Waals surface area contributed by atoms with Gasteiger partial charge in [0.1, 0.15) is 23.4 Å². The first-order chi connectivity index (χ1) is 10.3. The molecule has 0 aliphatic carbocycles. The molecule has 0 unspecified atom stereocenters. The van der Waals surface area contributed by atoms with Gasteiger partial charge < -0.3 is 15.4 Å². The van der Waals surface area contributed by atoms with Crippen molar-refractivity contribution in [3.05, 3.63) is 18.1 Å². The van der Waals surface area contributed by atoms with E-state index in [1.807, 2.05) is 25.7 Å². The van der Waals surface area contributed by atoms with Crippen LogP contribution in [-0.2, 0) is 9.53 Å². The molecule has 0 atom stereocenters. The second kappa shape index (κ2) is 6.29. The zero-order chi connectivity index (χ0) is 16.3. The van der Waals surface area contributed by atoms with E-state index in [9.17, 15) is 9.59 Å². The summed E-state index contributed by atoms with van der Waals surface area (Å²) in [4.78, 5) is 33.3. The minimum Gasteiger partial charge on any atom is -0.460 e. The van der Waals surface area contributed by atoms with Crippen LogP contribution in [-0.4, -0.2) is 40.5 Å². The van der Waals surface area contributed by atoms with Crippen molar-refractivity contribution in [3.63, 3.8) is 0 Å². The summed E-state index contributed by atoms with van der Waals surface area (Å²) in [5.41, 5.74) is 4.96. The number of primary amides is 1. The Labute approximate surface area is 129 Å². The number of ether oxygens (including phenoxy) is 1. The van der Waals surface area contributed by atoms with Gasteiger partial charge in [0.15, 0.2) is 0 Å². The van der Waals surface area contributed by atoms with Crippen LogP contribution in [0.15, 0.2) is 12.4 Å². The van der Waals surface area contributed by atoms with Gasteiger partial charge in [0.2, 0.25) is 0 Å². The van der Waals surface area contributed by atoms with E-state index < -0.39 is 11.5 Å². The van der Waals surface area contributed by atoms with E-state index in [1.165, 1.54) is 6.33 Å². The lowest BCUT2D eigenvalue weighted by Crippen LogP contribution is -2.39. The highest BCUT2D eigenvalue weighted by molar-refractivity contribution is 5.91. The molecule has 0 saturated carbocycles. The SMILES string of the molecule is CC(C)(C)OC(=O)C1CCN(c2cc(C(N)=O)ncn2)CC1. The molecular weight excluding hydrogens is 284 g/mol. The van der Waals surface area contributed by atoms with Crippen LogP contribution in [0.2, 0.25) is 0 Å². The maximum atomic E-state index is 12.1. The van der Waals surface area contributed by atoms with Crippen molar-refractivity contribution in [1.82, 2.24) is 9.97 Å². The standard InChI is InChI=1S/C15H22N4O3/c1-15(2,3)22-14(21)10-4-6-19(7-5-10)12-8-11(13(16)20)17-9-18-12/h8-10H,4-7H2,1-3H3,(H2,16,20). The number of carbonyl (C=O) groups is 2. The van der Waals surface area contributed by atoms with Crippen molar-refractivity contribution in [3.8, 4) is 0 Å². The average molecular weight is 306 g/mol. The third-order valence-corrected chi connectivity index (χ3v) is 3.46. The minimum atomic E-state index is -0.577. The Kier molecular flexibility index (Phi) is 4.63. The molecule has 0 spiro atoms. The lowest BCUT2D eigenvalue weighted by Gasteiger charge is -2.33. The Morgan fingerprint density at radius 3 is 2.45 bits per heavy atom. The van der Waals surface area contributed by atoms with Gasteiger partial charge in [-0.05, 0) is 33.6 Å². The number of hydrogen-bond acceptors (Lipinski definition) is 6. The fraction of sp³-hybridized carbons (Fsp3) is 0.600. The van der Waals surface area contributed by atoms with Crippen molar-refractivity contribution >= 4 is 17.7 Å². The van der Waals surface area contributed by atoms with Crippen LogP contribution in [0.4, 0.5) is 5.82 Å². The third kappa shape index (κ3) is 4.16. The number of piperidine rings is 1. The fourth-order valence-corrected chi connectivity index (χ4v) is 2.38. The molecule has 120 valence electrons. The van der Waals surface area contributed by atoms with Gasteiger partial charge >= 0.3 is 5.97 Å². The molecule has 2 heterocycles. The number of hydrogen-bond donors (Lipinski definition) is 1. The summed E-state index contributed by atoms with van der Waals surface area (Å²) in [7, 11) is 0. The Balaban J connectivity index is 1.96. The van der Waals surface area contributed by atoms with Gasteiger partial charge in [-0.2, -0.15) is 0 Å². The van der Waals surface area contributed by atoms with E-state index in [0.717, 1.165) is 0 Å². The van der Waals surface area contributed by atoms with Gasteiger partial charge in [0.05, 0.1) is 5.92 Å². The zero-order valence-electron chi connectivity index (χ0n) is 13.2. The highest BCUT2D eigenvalue weighted by atomic mass is 16.6.